The molecule has 0 saturated carbocycles. The van der Waals surface area contributed by atoms with Crippen molar-refractivity contribution < 1.29 is 4.79 Å². The maximum Gasteiger partial charge on any atom is 0.184 e. The fourth-order valence-corrected chi connectivity index (χ4v) is 2.97. The molecule has 0 spiro atoms. The summed E-state index contributed by atoms with van der Waals surface area (Å²) in [6.07, 6.45) is 3.30. The van der Waals surface area contributed by atoms with Gasteiger partial charge < -0.3 is 5.32 Å². The Hall–Kier alpha value is -3.79. The summed E-state index contributed by atoms with van der Waals surface area (Å²) >= 11 is 0. The van der Waals surface area contributed by atoms with E-state index in [1.54, 1.807) is 12.2 Å². The summed E-state index contributed by atoms with van der Waals surface area (Å²) in [4.78, 5) is 22.2. The monoisotopic (exact) mass is 365 g/mol. The minimum atomic E-state index is -0.602. The van der Waals surface area contributed by atoms with Crippen molar-refractivity contribution in [3.05, 3.63) is 103 Å². The number of benzene rings is 3. The molecule has 0 fully saturated rings. The lowest BCUT2D eigenvalue weighted by molar-refractivity contribution is -0.114. The highest BCUT2D eigenvalue weighted by molar-refractivity contribution is 6.55. The molecule has 0 bridgehead atoms. The first-order chi connectivity index (χ1) is 13.8. The van der Waals surface area contributed by atoms with Gasteiger partial charge in [0.15, 0.2) is 5.78 Å². The molecular formula is C24H19N3O. The molecule has 0 aromatic heterocycles. The number of rotatable bonds is 4. The van der Waals surface area contributed by atoms with Gasteiger partial charge in [-0.15, -0.1) is 0 Å². The third kappa shape index (κ3) is 4.13. The number of hydrogen-bond donors (Lipinski definition) is 1. The van der Waals surface area contributed by atoms with Crippen LogP contribution in [0.25, 0.3) is 0 Å². The normalized spacial score (nSPS) is 19.1. The van der Waals surface area contributed by atoms with Crippen LogP contribution in [0.5, 0.6) is 0 Å². The molecule has 28 heavy (non-hydrogen) atoms. The molecule has 4 heteroatoms. The van der Waals surface area contributed by atoms with Crippen molar-refractivity contribution in [3.63, 3.8) is 0 Å². The second-order valence-corrected chi connectivity index (χ2v) is 6.34. The minimum Gasteiger partial charge on any atom is -0.370 e. The van der Waals surface area contributed by atoms with Crippen LogP contribution in [0.15, 0.2) is 113 Å². The molecule has 1 aliphatic carbocycles. The second kappa shape index (κ2) is 8.27. The van der Waals surface area contributed by atoms with Gasteiger partial charge in [0.1, 0.15) is 6.04 Å². The number of para-hydroxylation sites is 3. The van der Waals surface area contributed by atoms with Crippen LogP contribution in [0.4, 0.5) is 17.1 Å². The molecule has 3 aromatic rings. The predicted octanol–water partition coefficient (Wildman–Crippen LogP) is 5.15. The summed E-state index contributed by atoms with van der Waals surface area (Å²) in [5, 5.41) is 3.30. The zero-order valence-electron chi connectivity index (χ0n) is 15.2. The Kier molecular flexibility index (Phi) is 5.20. The fourth-order valence-electron chi connectivity index (χ4n) is 2.97. The second-order valence-electron chi connectivity index (χ2n) is 6.34. The van der Waals surface area contributed by atoms with E-state index in [0.29, 0.717) is 11.4 Å². The molecule has 136 valence electrons. The topological polar surface area (TPSA) is 53.8 Å². The lowest BCUT2D eigenvalue weighted by Gasteiger charge is -2.23. The van der Waals surface area contributed by atoms with E-state index in [4.69, 9.17) is 9.98 Å². The number of hydrogen-bond acceptors (Lipinski definition) is 4. The number of carbonyl (C=O) groups is 1. The van der Waals surface area contributed by atoms with Crippen LogP contribution in [0.3, 0.4) is 0 Å². The van der Waals surface area contributed by atoms with Crippen molar-refractivity contribution in [2.45, 2.75) is 6.04 Å². The predicted molar refractivity (Wildman–Crippen MR) is 115 cm³/mol. The van der Waals surface area contributed by atoms with Crippen LogP contribution in [-0.2, 0) is 4.79 Å². The van der Waals surface area contributed by atoms with E-state index in [9.17, 15) is 4.79 Å². The molecule has 0 amide bonds. The van der Waals surface area contributed by atoms with Crippen molar-refractivity contribution >= 4 is 34.3 Å². The molecule has 0 aliphatic heterocycles. The zero-order valence-corrected chi connectivity index (χ0v) is 15.2. The molecular weight excluding hydrogens is 346 g/mol. The summed E-state index contributed by atoms with van der Waals surface area (Å²) in [6.45, 7) is 0. The van der Waals surface area contributed by atoms with Crippen LogP contribution in [0.2, 0.25) is 0 Å². The van der Waals surface area contributed by atoms with E-state index in [1.165, 1.54) is 0 Å². The van der Waals surface area contributed by atoms with E-state index in [1.807, 2.05) is 91.0 Å². The highest BCUT2D eigenvalue weighted by atomic mass is 16.1. The Morgan fingerprint density at radius 3 is 1.79 bits per heavy atom. The van der Waals surface area contributed by atoms with E-state index in [2.05, 4.69) is 5.32 Å². The molecule has 4 nitrogen and oxygen atoms in total. The first-order valence-electron chi connectivity index (χ1n) is 9.11. The van der Waals surface area contributed by atoms with E-state index < -0.39 is 6.04 Å². The number of nitrogens with one attached hydrogen (secondary N) is 1. The molecule has 1 atom stereocenters. The summed E-state index contributed by atoms with van der Waals surface area (Å²) in [5.74, 6) is -0.0504. The summed E-state index contributed by atoms with van der Waals surface area (Å²) < 4.78 is 0. The van der Waals surface area contributed by atoms with Crippen molar-refractivity contribution in [2.24, 2.45) is 9.98 Å². The third-order valence-electron chi connectivity index (χ3n) is 4.32. The quantitative estimate of drug-likeness (QED) is 0.695. The average Bonchev–Trinajstić information content (AvgIpc) is 2.75. The smallest absolute Gasteiger partial charge is 0.184 e. The molecule has 3 aromatic carbocycles. The van der Waals surface area contributed by atoms with Gasteiger partial charge in [-0.1, -0.05) is 54.6 Å². The molecule has 0 heterocycles. The first kappa shape index (κ1) is 17.6. The van der Waals surface area contributed by atoms with Crippen LogP contribution in [0.1, 0.15) is 0 Å². The Morgan fingerprint density at radius 1 is 0.643 bits per heavy atom. The van der Waals surface area contributed by atoms with Crippen molar-refractivity contribution in [1.29, 1.82) is 0 Å². The molecule has 4 rings (SSSR count). The maximum atomic E-state index is 12.7. The van der Waals surface area contributed by atoms with Gasteiger partial charge in [0.05, 0.1) is 22.8 Å². The van der Waals surface area contributed by atoms with Crippen molar-refractivity contribution in [1.82, 2.24) is 0 Å². The fraction of sp³-hybridized carbons (Fsp3) is 0.0417. The Balaban J connectivity index is 1.79. The van der Waals surface area contributed by atoms with Crippen LogP contribution >= 0.6 is 0 Å². The van der Waals surface area contributed by atoms with Gasteiger partial charge in [0, 0.05) is 5.69 Å². The van der Waals surface area contributed by atoms with Crippen LogP contribution < -0.4 is 5.32 Å². The summed E-state index contributed by atoms with van der Waals surface area (Å²) in [5.41, 5.74) is 3.72. The molecule has 0 radical (unpaired) electrons. The number of carbonyl (C=O) groups excluding carboxylic acids is 1. The number of nitrogens with zero attached hydrogens (tertiary/aromatic N) is 2. The Bertz CT molecular complexity index is 1040. The number of anilines is 1. The van der Waals surface area contributed by atoms with Gasteiger partial charge >= 0.3 is 0 Å². The van der Waals surface area contributed by atoms with Gasteiger partial charge in [-0.05, 0) is 48.6 Å². The summed E-state index contributed by atoms with van der Waals surface area (Å²) in [7, 11) is 0. The largest absolute Gasteiger partial charge is 0.370 e. The van der Waals surface area contributed by atoms with Crippen LogP contribution in [-0.4, -0.2) is 23.2 Å². The average molecular weight is 365 g/mol. The van der Waals surface area contributed by atoms with Crippen LogP contribution in [0, 0.1) is 0 Å². The van der Waals surface area contributed by atoms with Gasteiger partial charge in [0.25, 0.3) is 0 Å². The SMILES string of the molecule is O=C1C=CC(=Nc2ccccc2)C(=Nc2ccccc2)C1Nc1ccccc1. The lowest BCUT2D eigenvalue weighted by atomic mass is 9.95. The van der Waals surface area contributed by atoms with Crippen molar-refractivity contribution in [2.75, 3.05) is 5.32 Å². The summed E-state index contributed by atoms with van der Waals surface area (Å²) in [6, 6.07) is 28.3. The van der Waals surface area contributed by atoms with E-state index >= 15 is 0 Å². The number of aliphatic imine (C=N–C) groups is 2. The molecule has 1 N–H and O–H groups in total. The lowest BCUT2D eigenvalue weighted by Crippen LogP contribution is -2.43. The highest BCUT2D eigenvalue weighted by Gasteiger charge is 2.29. The standard InChI is InChI=1S/C24H19N3O/c28-22-17-16-21(25-18-10-4-1-5-11-18)23(26-19-12-6-2-7-13-19)24(22)27-20-14-8-3-9-15-20/h1-17,24,27H. The van der Waals surface area contributed by atoms with Gasteiger partial charge in [-0.3, -0.25) is 4.79 Å². The number of ketones is 1. The molecule has 0 saturated heterocycles. The minimum absolute atomic E-state index is 0.0504. The Morgan fingerprint density at radius 2 is 1.18 bits per heavy atom. The zero-order chi connectivity index (χ0) is 19.2. The molecule has 1 unspecified atom stereocenters. The molecule has 1 aliphatic rings. The van der Waals surface area contributed by atoms with Gasteiger partial charge in [-0.25, -0.2) is 9.98 Å². The van der Waals surface area contributed by atoms with Gasteiger partial charge in [-0.2, -0.15) is 0 Å². The third-order valence-corrected chi connectivity index (χ3v) is 4.32. The maximum absolute atomic E-state index is 12.7. The first-order valence-corrected chi connectivity index (χ1v) is 9.11. The highest BCUT2D eigenvalue weighted by Crippen LogP contribution is 2.20. The van der Waals surface area contributed by atoms with E-state index in [-0.39, 0.29) is 5.78 Å². The number of allylic oxidation sites excluding steroid dienone is 1. The van der Waals surface area contributed by atoms with E-state index in [0.717, 1.165) is 17.1 Å². The Labute approximate surface area is 164 Å². The van der Waals surface area contributed by atoms with Gasteiger partial charge in [0.2, 0.25) is 0 Å². The van der Waals surface area contributed by atoms with Crippen molar-refractivity contribution in [3.8, 4) is 0 Å².